The third-order valence-electron chi connectivity index (χ3n) is 5.94. The van der Waals surface area contributed by atoms with Crippen LogP contribution in [-0.4, -0.2) is 26.0 Å². The molecule has 29 heavy (non-hydrogen) atoms. The van der Waals surface area contributed by atoms with E-state index in [2.05, 4.69) is 0 Å². The predicted molar refractivity (Wildman–Crippen MR) is 111 cm³/mol. The summed E-state index contributed by atoms with van der Waals surface area (Å²) < 4.78 is 5.40. The molecule has 5 nitrogen and oxygen atoms in total. The third kappa shape index (κ3) is 2.21. The van der Waals surface area contributed by atoms with Crippen LogP contribution in [0.3, 0.4) is 0 Å². The summed E-state index contributed by atoms with van der Waals surface area (Å²) in [5.41, 5.74) is 2.56. The first-order valence-corrected chi connectivity index (χ1v) is 9.51. The number of ether oxygens (including phenoxy) is 1. The monoisotopic (exact) mass is 384 g/mol. The highest BCUT2D eigenvalue weighted by Gasteiger charge is 2.63. The van der Waals surface area contributed by atoms with Crippen molar-refractivity contribution >= 4 is 23.2 Å². The molecule has 0 saturated heterocycles. The van der Waals surface area contributed by atoms with Crippen LogP contribution in [0.1, 0.15) is 16.7 Å². The lowest BCUT2D eigenvalue weighted by atomic mass is 9.76. The molecule has 144 valence electrons. The summed E-state index contributed by atoms with van der Waals surface area (Å²) in [4.78, 5) is 30.8. The second-order valence-electron chi connectivity index (χ2n) is 7.39. The number of rotatable bonds is 3. The Kier molecular flexibility index (Phi) is 3.74. The molecule has 3 aromatic carbocycles. The number of methoxy groups -OCH3 is 1. The lowest BCUT2D eigenvalue weighted by Crippen LogP contribution is -2.47. The number of hydrogen-bond donors (Lipinski definition) is 0. The molecule has 3 aromatic rings. The molecular formula is C24H20N2O3. The molecule has 2 amide bonds. The van der Waals surface area contributed by atoms with Crippen LogP contribution in [-0.2, 0) is 21.5 Å². The van der Waals surface area contributed by atoms with Gasteiger partial charge in [0.2, 0.25) is 0 Å². The Labute approximate surface area is 169 Å². The molecule has 0 bridgehead atoms. The van der Waals surface area contributed by atoms with E-state index in [0.29, 0.717) is 17.9 Å². The minimum absolute atomic E-state index is 0.216. The van der Waals surface area contributed by atoms with Gasteiger partial charge in [0.15, 0.2) is 5.41 Å². The van der Waals surface area contributed by atoms with Crippen molar-refractivity contribution in [2.75, 3.05) is 24.0 Å². The van der Waals surface area contributed by atoms with Crippen LogP contribution in [0.2, 0.25) is 0 Å². The van der Waals surface area contributed by atoms with Crippen molar-refractivity contribution in [3.63, 3.8) is 0 Å². The van der Waals surface area contributed by atoms with Crippen LogP contribution in [0.5, 0.6) is 5.75 Å². The molecule has 1 spiro atoms. The number of likely N-dealkylation sites (N-methyl/N-ethyl adjacent to an activating group) is 1. The van der Waals surface area contributed by atoms with Crippen molar-refractivity contribution in [2.45, 2.75) is 12.0 Å². The van der Waals surface area contributed by atoms with Gasteiger partial charge in [0.1, 0.15) is 5.75 Å². The number of carbonyl (C=O) groups is 2. The molecule has 2 aliphatic heterocycles. The summed E-state index contributed by atoms with van der Waals surface area (Å²) >= 11 is 0. The van der Waals surface area contributed by atoms with Crippen LogP contribution in [0, 0.1) is 0 Å². The van der Waals surface area contributed by atoms with Gasteiger partial charge in [0.05, 0.1) is 13.7 Å². The van der Waals surface area contributed by atoms with Gasteiger partial charge in [-0.1, -0.05) is 48.5 Å². The number of nitrogens with zero attached hydrogens (tertiary/aromatic N) is 2. The summed E-state index contributed by atoms with van der Waals surface area (Å²) in [7, 11) is 3.30. The zero-order chi connectivity index (χ0) is 20.2. The molecule has 0 fully saturated rings. The average Bonchev–Trinajstić information content (AvgIpc) is 3.14. The maximum atomic E-state index is 13.9. The number of para-hydroxylation sites is 1. The number of carbonyl (C=O) groups excluding carboxylic acids is 2. The maximum absolute atomic E-state index is 13.9. The molecule has 0 N–H and O–H groups in total. The van der Waals surface area contributed by atoms with Crippen molar-refractivity contribution in [1.29, 1.82) is 0 Å². The molecule has 0 radical (unpaired) electrons. The third-order valence-corrected chi connectivity index (χ3v) is 5.94. The average molecular weight is 384 g/mol. The van der Waals surface area contributed by atoms with Crippen molar-refractivity contribution < 1.29 is 14.3 Å². The molecule has 0 aromatic heterocycles. The second kappa shape index (κ2) is 6.21. The van der Waals surface area contributed by atoms with Gasteiger partial charge < -0.3 is 14.5 Å². The van der Waals surface area contributed by atoms with Gasteiger partial charge >= 0.3 is 0 Å². The standard InChI is InChI=1S/C24H20N2O3/c1-25-20-13-12-17(29-2)14-19(20)24(22(25)27)18-10-6-7-11-21(18)26(23(24)28)15-16-8-4-3-5-9-16/h3-14H,15H2,1-2H3/t24-/m1/s1. The van der Waals surface area contributed by atoms with Crippen LogP contribution in [0.15, 0.2) is 72.8 Å². The van der Waals surface area contributed by atoms with Gasteiger partial charge in [0, 0.05) is 29.5 Å². The first-order valence-electron chi connectivity index (χ1n) is 9.51. The Hall–Kier alpha value is -3.60. The fourth-order valence-corrected chi connectivity index (χ4v) is 4.55. The largest absolute Gasteiger partial charge is 0.497 e. The van der Waals surface area contributed by atoms with E-state index in [1.807, 2.05) is 72.8 Å². The number of amides is 2. The van der Waals surface area contributed by atoms with Gasteiger partial charge in [-0.2, -0.15) is 0 Å². The quantitative estimate of drug-likeness (QED) is 0.650. The SMILES string of the molecule is COc1ccc2c(c1)[C@]1(C(=O)N2C)C(=O)N(Cc2ccccc2)c2ccccc21. The Morgan fingerprint density at radius 1 is 0.828 bits per heavy atom. The molecule has 0 unspecified atom stereocenters. The Morgan fingerprint density at radius 2 is 1.55 bits per heavy atom. The molecular weight excluding hydrogens is 364 g/mol. The van der Waals surface area contributed by atoms with Gasteiger partial charge in [-0.05, 0) is 29.8 Å². The highest BCUT2D eigenvalue weighted by Crippen LogP contribution is 2.54. The first kappa shape index (κ1) is 17.5. The molecule has 2 heterocycles. The van der Waals surface area contributed by atoms with Crippen molar-refractivity contribution in [2.24, 2.45) is 0 Å². The van der Waals surface area contributed by atoms with E-state index in [9.17, 15) is 9.59 Å². The van der Waals surface area contributed by atoms with E-state index in [1.165, 1.54) is 0 Å². The maximum Gasteiger partial charge on any atom is 0.252 e. The smallest absolute Gasteiger partial charge is 0.252 e. The van der Waals surface area contributed by atoms with Crippen LogP contribution >= 0.6 is 0 Å². The van der Waals surface area contributed by atoms with Gasteiger partial charge in [-0.15, -0.1) is 0 Å². The number of anilines is 2. The summed E-state index contributed by atoms with van der Waals surface area (Å²) in [5, 5.41) is 0. The van der Waals surface area contributed by atoms with E-state index in [-0.39, 0.29) is 11.8 Å². The topological polar surface area (TPSA) is 49.9 Å². The molecule has 5 rings (SSSR count). The van der Waals surface area contributed by atoms with Crippen LogP contribution < -0.4 is 14.5 Å². The minimum Gasteiger partial charge on any atom is -0.497 e. The molecule has 2 aliphatic rings. The summed E-state index contributed by atoms with van der Waals surface area (Å²) in [5.74, 6) is 0.179. The van der Waals surface area contributed by atoms with Crippen molar-refractivity contribution in [3.05, 3.63) is 89.5 Å². The van der Waals surface area contributed by atoms with E-state index >= 15 is 0 Å². The van der Waals surface area contributed by atoms with E-state index in [1.54, 1.807) is 24.0 Å². The lowest BCUT2D eigenvalue weighted by molar-refractivity contribution is -0.131. The highest BCUT2D eigenvalue weighted by atomic mass is 16.5. The fraction of sp³-hybridized carbons (Fsp3) is 0.167. The van der Waals surface area contributed by atoms with Gasteiger partial charge in [0.25, 0.3) is 11.8 Å². The van der Waals surface area contributed by atoms with Crippen LogP contribution in [0.25, 0.3) is 0 Å². The first-order chi connectivity index (χ1) is 14.1. The lowest BCUT2D eigenvalue weighted by Gasteiger charge is -2.23. The minimum atomic E-state index is -1.37. The molecule has 5 heteroatoms. The van der Waals surface area contributed by atoms with Gasteiger partial charge in [-0.3, -0.25) is 9.59 Å². The molecule has 0 aliphatic carbocycles. The van der Waals surface area contributed by atoms with Crippen molar-refractivity contribution in [1.82, 2.24) is 0 Å². The Balaban J connectivity index is 1.74. The van der Waals surface area contributed by atoms with Crippen molar-refractivity contribution in [3.8, 4) is 5.75 Å². The number of hydrogen-bond acceptors (Lipinski definition) is 3. The Bertz CT molecular complexity index is 1140. The molecule has 0 saturated carbocycles. The van der Waals surface area contributed by atoms with E-state index in [4.69, 9.17) is 4.74 Å². The van der Waals surface area contributed by atoms with E-state index < -0.39 is 5.41 Å². The fourth-order valence-electron chi connectivity index (χ4n) is 4.55. The second-order valence-corrected chi connectivity index (χ2v) is 7.39. The van der Waals surface area contributed by atoms with Gasteiger partial charge in [-0.25, -0.2) is 0 Å². The zero-order valence-electron chi connectivity index (χ0n) is 16.3. The summed E-state index contributed by atoms with van der Waals surface area (Å²) in [6.45, 7) is 0.411. The predicted octanol–water partition coefficient (Wildman–Crippen LogP) is 3.50. The number of fused-ring (bicyclic) bond motifs is 4. The van der Waals surface area contributed by atoms with Crippen LogP contribution in [0.4, 0.5) is 11.4 Å². The summed E-state index contributed by atoms with van der Waals surface area (Å²) in [6, 6.07) is 22.9. The van der Waals surface area contributed by atoms with E-state index in [0.717, 1.165) is 22.5 Å². The molecule has 1 atom stereocenters. The highest BCUT2D eigenvalue weighted by molar-refractivity contribution is 6.31. The number of benzene rings is 3. The normalized spacial score (nSPS) is 19.7. The Morgan fingerprint density at radius 3 is 2.31 bits per heavy atom. The zero-order valence-corrected chi connectivity index (χ0v) is 16.3. The summed E-state index contributed by atoms with van der Waals surface area (Å²) in [6.07, 6.45) is 0.